The standard InChI is InChI=1S/C13H8ClN3O2/c14-11-2-1-7(3-8(11)5-15)10-6-17-12(16)4-9(10)13(18)19/h1-4,6H,(H2,16,17)(H,18,19). The number of nitriles is 1. The van der Waals surface area contributed by atoms with Gasteiger partial charge in [0.25, 0.3) is 0 Å². The predicted molar refractivity (Wildman–Crippen MR) is 70.8 cm³/mol. The predicted octanol–water partition coefficient (Wildman–Crippen LogP) is 2.55. The summed E-state index contributed by atoms with van der Waals surface area (Å²) < 4.78 is 0. The summed E-state index contributed by atoms with van der Waals surface area (Å²) in [4.78, 5) is 15.1. The van der Waals surface area contributed by atoms with E-state index < -0.39 is 5.97 Å². The molecule has 94 valence electrons. The zero-order valence-electron chi connectivity index (χ0n) is 9.59. The van der Waals surface area contributed by atoms with Crippen molar-refractivity contribution in [2.75, 3.05) is 5.73 Å². The van der Waals surface area contributed by atoms with Crippen LogP contribution in [-0.2, 0) is 0 Å². The first-order chi connectivity index (χ1) is 9.02. The first kappa shape index (κ1) is 12.9. The fourth-order valence-corrected chi connectivity index (χ4v) is 1.82. The van der Waals surface area contributed by atoms with Gasteiger partial charge in [-0.15, -0.1) is 0 Å². The maximum Gasteiger partial charge on any atom is 0.336 e. The second kappa shape index (κ2) is 4.96. The van der Waals surface area contributed by atoms with Crippen molar-refractivity contribution in [3.8, 4) is 17.2 Å². The van der Waals surface area contributed by atoms with Crippen LogP contribution in [0.4, 0.5) is 5.82 Å². The van der Waals surface area contributed by atoms with Gasteiger partial charge in [-0.05, 0) is 23.8 Å². The molecule has 3 N–H and O–H groups in total. The van der Waals surface area contributed by atoms with E-state index in [1.54, 1.807) is 6.07 Å². The molecule has 0 atom stereocenters. The molecule has 0 amide bonds. The van der Waals surface area contributed by atoms with Crippen LogP contribution >= 0.6 is 11.6 Å². The van der Waals surface area contributed by atoms with E-state index in [1.165, 1.54) is 24.4 Å². The molecule has 0 saturated heterocycles. The van der Waals surface area contributed by atoms with Gasteiger partial charge in [-0.1, -0.05) is 17.7 Å². The second-order valence-corrected chi connectivity index (χ2v) is 4.17. The van der Waals surface area contributed by atoms with E-state index in [-0.39, 0.29) is 16.9 Å². The van der Waals surface area contributed by atoms with Crippen molar-refractivity contribution < 1.29 is 9.90 Å². The Balaban J connectivity index is 2.66. The lowest BCUT2D eigenvalue weighted by molar-refractivity contribution is 0.0697. The van der Waals surface area contributed by atoms with Crippen molar-refractivity contribution in [1.29, 1.82) is 5.26 Å². The van der Waals surface area contributed by atoms with Crippen molar-refractivity contribution >= 4 is 23.4 Å². The first-order valence-corrected chi connectivity index (χ1v) is 5.59. The summed E-state index contributed by atoms with van der Waals surface area (Å²) in [6.45, 7) is 0. The maximum absolute atomic E-state index is 11.2. The number of pyridine rings is 1. The van der Waals surface area contributed by atoms with Gasteiger partial charge in [0.1, 0.15) is 11.9 Å². The maximum atomic E-state index is 11.2. The van der Waals surface area contributed by atoms with Crippen molar-refractivity contribution in [2.24, 2.45) is 0 Å². The van der Waals surface area contributed by atoms with Crippen LogP contribution in [0, 0.1) is 11.3 Å². The minimum atomic E-state index is -1.11. The SMILES string of the molecule is N#Cc1cc(-c2cnc(N)cc2C(=O)O)ccc1Cl. The lowest BCUT2D eigenvalue weighted by atomic mass is 10.0. The molecular formula is C13H8ClN3O2. The summed E-state index contributed by atoms with van der Waals surface area (Å²) in [5, 5.41) is 18.4. The molecule has 0 aliphatic carbocycles. The van der Waals surface area contributed by atoms with E-state index in [4.69, 9.17) is 27.7 Å². The van der Waals surface area contributed by atoms with E-state index in [9.17, 15) is 4.79 Å². The fourth-order valence-electron chi connectivity index (χ4n) is 1.66. The number of hydrogen-bond donors (Lipinski definition) is 2. The number of carboxylic acid groups (broad SMARTS) is 1. The summed E-state index contributed by atoms with van der Waals surface area (Å²) >= 11 is 5.84. The minimum Gasteiger partial charge on any atom is -0.478 e. The number of rotatable bonds is 2. The highest BCUT2D eigenvalue weighted by Crippen LogP contribution is 2.28. The fraction of sp³-hybridized carbons (Fsp3) is 0. The lowest BCUT2D eigenvalue weighted by Gasteiger charge is -2.07. The van der Waals surface area contributed by atoms with Gasteiger partial charge in [-0.2, -0.15) is 5.26 Å². The molecule has 0 aliphatic rings. The second-order valence-electron chi connectivity index (χ2n) is 3.77. The number of hydrogen-bond acceptors (Lipinski definition) is 4. The van der Waals surface area contributed by atoms with Gasteiger partial charge in [0.05, 0.1) is 16.1 Å². The minimum absolute atomic E-state index is 0.0266. The number of carbonyl (C=O) groups is 1. The topological polar surface area (TPSA) is 100 Å². The third-order valence-electron chi connectivity index (χ3n) is 2.55. The molecule has 1 aromatic heterocycles. The Kier molecular flexibility index (Phi) is 3.36. The summed E-state index contributed by atoms with van der Waals surface area (Å²) in [5.74, 6) is -0.992. The van der Waals surface area contributed by atoms with Gasteiger partial charge in [-0.3, -0.25) is 0 Å². The summed E-state index contributed by atoms with van der Waals surface area (Å²) in [6.07, 6.45) is 1.36. The highest BCUT2D eigenvalue weighted by molar-refractivity contribution is 6.31. The Bertz CT molecular complexity index is 708. The number of nitrogens with two attached hydrogens (primary N) is 1. The van der Waals surface area contributed by atoms with E-state index in [1.807, 2.05) is 6.07 Å². The molecule has 0 saturated carbocycles. The number of benzene rings is 1. The number of aromatic nitrogens is 1. The van der Waals surface area contributed by atoms with Gasteiger partial charge < -0.3 is 10.8 Å². The number of halogens is 1. The molecule has 19 heavy (non-hydrogen) atoms. The molecule has 0 spiro atoms. The highest BCUT2D eigenvalue weighted by atomic mass is 35.5. The van der Waals surface area contributed by atoms with Crippen molar-refractivity contribution in [3.63, 3.8) is 0 Å². The van der Waals surface area contributed by atoms with Crippen molar-refractivity contribution in [2.45, 2.75) is 0 Å². The average Bonchev–Trinajstić information content (AvgIpc) is 2.39. The Labute approximate surface area is 113 Å². The Morgan fingerprint density at radius 2 is 2.16 bits per heavy atom. The lowest BCUT2D eigenvalue weighted by Crippen LogP contribution is -2.03. The monoisotopic (exact) mass is 273 g/mol. The van der Waals surface area contributed by atoms with Gasteiger partial charge in [0, 0.05) is 11.8 Å². The van der Waals surface area contributed by atoms with Crippen molar-refractivity contribution in [3.05, 3.63) is 46.6 Å². The normalized spacial score (nSPS) is 9.89. The van der Waals surface area contributed by atoms with E-state index >= 15 is 0 Å². The summed E-state index contributed by atoms with van der Waals surface area (Å²) in [7, 11) is 0. The highest BCUT2D eigenvalue weighted by Gasteiger charge is 2.14. The molecule has 1 aromatic carbocycles. The van der Waals surface area contributed by atoms with Crippen LogP contribution in [-0.4, -0.2) is 16.1 Å². The van der Waals surface area contributed by atoms with Crippen LogP contribution in [0.3, 0.4) is 0 Å². The molecule has 2 aromatic rings. The van der Waals surface area contributed by atoms with Gasteiger partial charge in [0.15, 0.2) is 0 Å². The number of nitrogens with zero attached hydrogens (tertiary/aromatic N) is 2. The van der Waals surface area contributed by atoms with Crippen molar-refractivity contribution in [1.82, 2.24) is 4.98 Å². The summed E-state index contributed by atoms with van der Waals surface area (Å²) in [5.41, 5.74) is 6.70. The molecule has 0 aliphatic heterocycles. The van der Waals surface area contributed by atoms with Crippen LogP contribution in [0.2, 0.25) is 5.02 Å². The van der Waals surface area contributed by atoms with E-state index in [2.05, 4.69) is 4.98 Å². The van der Waals surface area contributed by atoms with Gasteiger partial charge in [-0.25, -0.2) is 9.78 Å². The van der Waals surface area contributed by atoms with E-state index in [0.717, 1.165) is 0 Å². The van der Waals surface area contributed by atoms with Gasteiger partial charge >= 0.3 is 5.97 Å². The summed E-state index contributed by atoms with van der Waals surface area (Å²) in [6, 6.07) is 7.90. The van der Waals surface area contributed by atoms with Crippen LogP contribution < -0.4 is 5.73 Å². The molecule has 0 fully saturated rings. The molecule has 5 nitrogen and oxygen atoms in total. The van der Waals surface area contributed by atoms with Crippen LogP contribution in [0.15, 0.2) is 30.5 Å². The molecule has 0 unspecified atom stereocenters. The molecular weight excluding hydrogens is 266 g/mol. The third-order valence-corrected chi connectivity index (χ3v) is 2.88. The average molecular weight is 274 g/mol. The Hall–Kier alpha value is -2.58. The number of aromatic carboxylic acids is 1. The third kappa shape index (κ3) is 2.49. The van der Waals surface area contributed by atoms with Crippen LogP contribution in [0.25, 0.3) is 11.1 Å². The molecule has 0 radical (unpaired) electrons. The Morgan fingerprint density at radius 1 is 1.42 bits per heavy atom. The van der Waals surface area contributed by atoms with E-state index in [0.29, 0.717) is 16.1 Å². The zero-order chi connectivity index (χ0) is 14.0. The largest absolute Gasteiger partial charge is 0.478 e. The smallest absolute Gasteiger partial charge is 0.336 e. The molecule has 0 bridgehead atoms. The molecule has 6 heteroatoms. The quantitative estimate of drug-likeness (QED) is 0.876. The molecule has 2 rings (SSSR count). The first-order valence-electron chi connectivity index (χ1n) is 5.21. The van der Waals surface area contributed by atoms with Gasteiger partial charge in [0.2, 0.25) is 0 Å². The van der Waals surface area contributed by atoms with Crippen LogP contribution in [0.5, 0.6) is 0 Å². The number of anilines is 1. The molecule has 1 heterocycles. The Morgan fingerprint density at radius 3 is 2.79 bits per heavy atom. The number of nitrogen functional groups attached to an aromatic ring is 1. The van der Waals surface area contributed by atoms with Crippen LogP contribution in [0.1, 0.15) is 15.9 Å². The zero-order valence-corrected chi connectivity index (χ0v) is 10.3. The number of carboxylic acids is 1.